The van der Waals surface area contributed by atoms with E-state index in [1.165, 1.54) is 5.56 Å². The van der Waals surface area contributed by atoms with Gasteiger partial charge in [0.15, 0.2) is 0 Å². The summed E-state index contributed by atoms with van der Waals surface area (Å²) in [5, 5.41) is 5.41. The first-order chi connectivity index (χ1) is 15.1. The molecule has 2 aromatic carbocycles. The minimum Gasteiger partial charge on any atom is -0.489 e. The number of hydrazone groups is 1. The van der Waals surface area contributed by atoms with Gasteiger partial charge in [0.2, 0.25) is 0 Å². The first-order valence-electron chi connectivity index (χ1n) is 11.0. The van der Waals surface area contributed by atoms with Crippen LogP contribution in [0, 0.1) is 42.4 Å². The van der Waals surface area contributed by atoms with Crippen molar-refractivity contribution in [1.29, 1.82) is 0 Å². The molecule has 2 aromatic rings. The summed E-state index contributed by atoms with van der Waals surface area (Å²) < 4.78 is 5.84. The molecule has 2 amide bonds. The van der Waals surface area contributed by atoms with Crippen molar-refractivity contribution >= 4 is 18.0 Å². The Morgan fingerprint density at radius 1 is 0.935 bits per heavy atom. The average molecular weight is 412 g/mol. The number of rotatable bonds is 5. The Labute approximate surface area is 181 Å². The van der Waals surface area contributed by atoms with E-state index in [0.29, 0.717) is 18.4 Å². The maximum Gasteiger partial charge on any atom is 0.254 e. The van der Waals surface area contributed by atoms with Gasteiger partial charge in [0.25, 0.3) is 11.8 Å². The Morgan fingerprint density at radius 3 is 2.16 bits per heavy atom. The second-order valence-corrected chi connectivity index (χ2v) is 9.23. The number of imide groups is 1. The van der Waals surface area contributed by atoms with Crippen molar-refractivity contribution in [1.82, 2.24) is 5.01 Å². The van der Waals surface area contributed by atoms with Crippen molar-refractivity contribution in [3.8, 4) is 5.75 Å². The van der Waals surface area contributed by atoms with Crippen molar-refractivity contribution in [2.24, 2.45) is 40.6 Å². The lowest BCUT2D eigenvalue weighted by Crippen LogP contribution is -2.40. The molecule has 31 heavy (non-hydrogen) atoms. The van der Waals surface area contributed by atoms with E-state index in [1.54, 1.807) is 6.21 Å². The maximum absolute atomic E-state index is 13.0. The summed E-state index contributed by atoms with van der Waals surface area (Å²) in [5.74, 6) is 1.74. The number of hydrogen-bond acceptors (Lipinski definition) is 4. The van der Waals surface area contributed by atoms with Crippen LogP contribution >= 0.6 is 0 Å². The number of aryl methyl sites for hydroxylation is 1. The summed E-state index contributed by atoms with van der Waals surface area (Å²) in [6.45, 7) is 2.57. The second-order valence-electron chi connectivity index (χ2n) is 9.23. The van der Waals surface area contributed by atoms with Crippen LogP contribution in [0.4, 0.5) is 0 Å². The predicted molar refractivity (Wildman–Crippen MR) is 116 cm³/mol. The van der Waals surface area contributed by atoms with E-state index in [0.717, 1.165) is 28.3 Å². The molecule has 1 aliphatic heterocycles. The number of carbonyl (C=O) groups is 2. The second kappa shape index (κ2) is 6.91. The van der Waals surface area contributed by atoms with Gasteiger partial charge in [-0.15, -0.1) is 0 Å². The molecular weight excluding hydrogens is 388 g/mol. The highest BCUT2D eigenvalue weighted by molar-refractivity contribution is 6.06. The number of nitrogens with zero attached hydrogens (tertiary/aromatic N) is 2. The van der Waals surface area contributed by atoms with Crippen molar-refractivity contribution < 1.29 is 14.3 Å². The summed E-state index contributed by atoms with van der Waals surface area (Å²) in [6.07, 6.45) is 7.10. The van der Waals surface area contributed by atoms with Crippen LogP contribution in [0.25, 0.3) is 0 Å². The fourth-order valence-electron chi connectivity index (χ4n) is 5.68. The number of allylic oxidation sites excluding steroid dienone is 2. The summed E-state index contributed by atoms with van der Waals surface area (Å²) in [6, 6.07) is 15.8. The van der Waals surface area contributed by atoms with Crippen molar-refractivity contribution in [3.05, 3.63) is 77.4 Å². The molecule has 4 aliphatic carbocycles. The standard InChI is InChI=1S/C26H24N2O3/c1-15-2-4-17(5-3-15)14-31-18-8-6-16(7-9-18)13-27-28-25(29)23-19-10-11-20(22-12-21(19)22)24(23)26(28)30/h2-11,13,19-24H,12,14H2,1H3/b27-13+. The van der Waals surface area contributed by atoms with E-state index in [4.69, 9.17) is 4.74 Å². The predicted octanol–water partition coefficient (Wildman–Crippen LogP) is 3.96. The fraction of sp³-hybridized carbons (Fsp3) is 0.346. The zero-order valence-corrected chi connectivity index (χ0v) is 17.3. The highest BCUT2D eigenvalue weighted by atomic mass is 16.5. The lowest BCUT2D eigenvalue weighted by atomic mass is 9.63. The Hall–Kier alpha value is -3.21. The first kappa shape index (κ1) is 18.6. The lowest BCUT2D eigenvalue weighted by molar-refractivity contribution is -0.140. The Balaban J connectivity index is 1.12. The van der Waals surface area contributed by atoms with Crippen LogP contribution in [0.1, 0.15) is 23.1 Å². The molecule has 6 atom stereocenters. The Morgan fingerprint density at radius 2 is 1.55 bits per heavy atom. The molecule has 156 valence electrons. The van der Waals surface area contributed by atoms with Crippen LogP contribution in [0.3, 0.4) is 0 Å². The Kier molecular flexibility index (Phi) is 4.13. The van der Waals surface area contributed by atoms with E-state index in [1.807, 2.05) is 24.3 Å². The van der Waals surface area contributed by atoms with Gasteiger partial charge in [-0.1, -0.05) is 42.0 Å². The van der Waals surface area contributed by atoms with Crippen LogP contribution in [0.5, 0.6) is 5.75 Å². The summed E-state index contributed by atoms with van der Waals surface area (Å²) in [4.78, 5) is 25.9. The third-order valence-corrected chi connectivity index (χ3v) is 7.37. The lowest BCUT2D eigenvalue weighted by Gasteiger charge is -2.37. The smallest absolute Gasteiger partial charge is 0.254 e. The number of carbonyl (C=O) groups excluding carboxylic acids is 2. The molecule has 5 heteroatoms. The SMILES string of the molecule is Cc1ccc(COc2ccc(/C=N/N3C(=O)C4C5C=CC(C6CC56)C4C3=O)cc2)cc1. The van der Waals surface area contributed by atoms with Gasteiger partial charge < -0.3 is 4.74 Å². The summed E-state index contributed by atoms with van der Waals surface area (Å²) in [5.41, 5.74) is 3.16. The van der Waals surface area contributed by atoms with Gasteiger partial charge in [0, 0.05) is 0 Å². The maximum atomic E-state index is 13.0. The molecule has 0 N–H and O–H groups in total. The van der Waals surface area contributed by atoms with Gasteiger partial charge in [-0.3, -0.25) is 9.59 Å². The number of amides is 2. The topological polar surface area (TPSA) is 59.0 Å². The van der Waals surface area contributed by atoms with E-state index in [9.17, 15) is 9.59 Å². The van der Waals surface area contributed by atoms with Crippen molar-refractivity contribution in [3.63, 3.8) is 0 Å². The van der Waals surface area contributed by atoms with Crippen LogP contribution in [0.2, 0.25) is 0 Å². The third-order valence-electron chi connectivity index (χ3n) is 7.37. The van der Waals surface area contributed by atoms with Gasteiger partial charge >= 0.3 is 0 Å². The molecule has 0 radical (unpaired) electrons. The highest BCUT2D eigenvalue weighted by Crippen LogP contribution is 2.65. The summed E-state index contributed by atoms with van der Waals surface area (Å²) >= 11 is 0. The average Bonchev–Trinajstić information content (AvgIpc) is 3.57. The van der Waals surface area contributed by atoms with Crippen molar-refractivity contribution in [2.75, 3.05) is 0 Å². The largest absolute Gasteiger partial charge is 0.489 e. The zero-order valence-electron chi connectivity index (χ0n) is 17.3. The molecule has 0 aromatic heterocycles. The van der Waals surface area contributed by atoms with Gasteiger partial charge in [-0.2, -0.15) is 10.1 Å². The molecule has 5 nitrogen and oxygen atoms in total. The Bertz CT molecular complexity index is 1070. The minimum atomic E-state index is -0.207. The molecule has 1 saturated heterocycles. The van der Waals surface area contributed by atoms with Crippen LogP contribution in [0.15, 0.2) is 65.8 Å². The van der Waals surface area contributed by atoms with Gasteiger partial charge in [0.05, 0.1) is 18.1 Å². The molecular formula is C26H24N2O3. The van der Waals surface area contributed by atoms with Gasteiger partial charge in [-0.05, 0) is 72.4 Å². The van der Waals surface area contributed by atoms with Gasteiger partial charge in [-0.25, -0.2) is 0 Å². The quantitative estimate of drug-likeness (QED) is 0.424. The van der Waals surface area contributed by atoms with E-state index >= 15 is 0 Å². The van der Waals surface area contributed by atoms with Crippen LogP contribution < -0.4 is 4.74 Å². The molecule has 5 aliphatic rings. The molecule has 1 heterocycles. The normalized spacial score (nSPS) is 32.5. The minimum absolute atomic E-state index is 0.131. The monoisotopic (exact) mass is 412 g/mol. The zero-order chi connectivity index (χ0) is 21.1. The van der Waals surface area contributed by atoms with E-state index in [2.05, 4.69) is 48.4 Å². The number of ether oxygens (including phenoxy) is 1. The fourth-order valence-corrected chi connectivity index (χ4v) is 5.68. The molecule has 2 bridgehead atoms. The van der Waals surface area contributed by atoms with Crippen molar-refractivity contribution in [2.45, 2.75) is 20.0 Å². The third kappa shape index (κ3) is 3.02. The number of hydrogen-bond donors (Lipinski definition) is 0. The number of benzene rings is 2. The van der Waals surface area contributed by atoms with E-state index in [-0.39, 0.29) is 35.5 Å². The molecule has 6 unspecified atom stereocenters. The van der Waals surface area contributed by atoms with E-state index < -0.39 is 0 Å². The highest BCUT2D eigenvalue weighted by Gasteiger charge is 2.67. The molecule has 7 rings (SSSR count). The summed E-state index contributed by atoms with van der Waals surface area (Å²) in [7, 11) is 0. The van der Waals surface area contributed by atoms with Gasteiger partial charge in [0.1, 0.15) is 12.4 Å². The van der Waals surface area contributed by atoms with Crippen LogP contribution in [-0.4, -0.2) is 23.0 Å². The van der Waals surface area contributed by atoms with Crippen LogP contribution in [-0.2, 0) is 16.2 Å². The first-order valence-corrected chi connectivity index (χ1v) is 11.0. The molecule has 2 saturated carbocycles. The molecule has 0 spiro atoms. The molecule has 3 fully saturated rings.